The molecule has 0 aliphatic carbocycles. The van der Waals surface area contributed by atoms with Crippen molar-refractivity contribution in [1.29, 1.82) is 0 Å². The molecule has 0 fully saturated rings. The molecule has 3 aliphatic heterocycles. The van der Waals surface area contributed by atoms with Crippen LogP contribution in [0.1, 0.15) is 105 Å². The van der Waals surface area contributed by atoms with E-state index >= 15 is 0 Å². The number of anilines is 7. The molecule has 0 unspecified atom stereocenters. The van der Waals surface area contributed by atoms with Gasteiger partial charge in [-0.15, -0.1) is 0 Å². The third kappa shape index (κ3) is 8.85. The van der Waals surface area contributed by atoms with Crippen LogP contribution < -0.4 is 40.2 Å². The molecular weight excluding hydrogens is 1010 g/mol. The second-order valence-electron chi connectivity index (χ2n) is 26.9. The lowest BCUT2D eigenvalue weighted by molar-refractivity contribution is 0.483. The number of ether oxygens (including phenoxy) is 1. The monoisotopic (exact) mass is 1090 g/mol. The first-order chi connectivity index (χ1) is 39.2. The lowest BCUT2D eigenvalue weighted by Crippen LogP contribution is -2.75. The maximum atomic E-state index is 7.18. The van der Waals surface area contributed by atoms with Crippen LogP contribution in [-0.4, -0.2) is 19.7 Å². The van der Waals surface area contributed by atoms with E-state index < -0.39 is 8.07 Å². The zero-order valence-electron chi connectivity index (χ0n) is 49.7. The number of para-hydroxylation sites is 4. The summed E-state index contributed by atoms with van der Waals surface area (Å²) in [6.45, 7) is 28.3. The van der Waals surface area contributed by atoms with Crippen molar-refractivity contribution < 1.29 is 4.74 Å². The molecule has 0 amide bonds. The van der Waals surface area contributed by atoms with Crippen molar-refractivity contribution in [3.63, 3.8) is 0 Å². The first-order valence-electron chi connectivity index (χ1n) is 29.2. The summed E-state index contributed by atoms with van der Waals surface area (Å²) in [5.41, 5.74) is 19.3. The van der Waals surface area contributed by atoms with E-state index in [-0.39, 0.29) is 21.7 Å². The molecule has 0 atom stereocenters. The Hall–Kier alpha value is -8.45. The number of hydrogen-bond donors (Lipinski definition) is 0. The summed E-state index contributed by atoms with van der Waals surface area (Å²) in [4.78, 5) is 12.6. The van der Waals surface area contributed by atoms with Crippen LogP contribution in [0.5, 0.6) is 11.5 Å². The lowest BCUT2D eigenvalue weighted by Gasteiger charge is -2.43. The molecule has 82 heavy (non-hydrogen) atoms. The molecule has 0 radical (unpaired) electrons. The van der Waals surface area contributed by atoms with Crippen molar-refractivity contribution >= 4 is 68.8 Å². The van der Waals surface area contributed by atoms with Gasteiger partial charge in [-0.1, -0.05) is 235 Å². The molecule has 6 heteroatoms. The zero-order valence-corrected chi connectivity index (χ0v) is 50.7. The Morgan fingerprint density at radius 1 is 0.366 bits per heavy atom. The van der Waals surface area contributed by atoms with Gasteiger partial charge in [0.25, 0.3) is 0 Å². The molecule has 0 N–H and O–H groups in total. The molecule has 10 aromatic rings. The van der Waals surface area contributed by atoms with Gasteiger partial charge in [0.2, 0.25) is 0 Å². The van der Waals surface area contributed by atoms with E-state index in [1.165, 1.54) is 82.1 Å². The quantitative estimate of drug-likeness (QED) is 0.149. The number of nitrogens with zero attached hydrogens (tertiary/aromatic N) is 4. The Morgan fingerprint density at radius 3 is 1.51 bits per heavy atom. The SMILES string of the molecule is CC(C)(C)c1cccc(-c2cccc(-c3cc(C(C)(C)C)cc(C(C)(C)C)c3)c2N2CN(c3cccc(Oc4ccc5c(c4)N(c4cc(C(C)(C)C)ccn4)c4ccccc4[Si]54c5ccccc5-c5ccccc54)c3)c3ccccc32)c1. The fourth-order valence-corrected chi connectivity index (χ4v) is 18.5. The zero-order chi connectivity index (χ0) is 57.1. The van der Waals surface area contributed by atoms with Gasteiger partial charge in [-0.2, -0.15) is 0 Å². The maximum absolute atomic E-state index is 7.18. The smallest absolute Gasteiger partial charge is 0.185 e. The van der Waals surface area contributed by atoms with Crippen molar-refractivity contribution in [2.24, 2.45) is 0 Å². The molecule has 1 spiro atoms. The molecular formula is C76H74N4OSi. The van der Waals surface area contributed by atoms with Gasteiger partial charge in [0, 0.05) is 40.8 Å². The Kier molecular flexibility index (Phi) is 12.5. The van der Waals surface area contributed by atoms with E-state index in [9.17, 15) is 0 Å². The average Bonchev–Trinajstić information content (AvgIpc) is 2.18. The lowest BCUT2D eigenvalue weighted by atomic mass is 9.78. The van der Waals surface area contributed by atoms with Gasteiger partial charge < -0.3 is 14.5 Å². The predicted octanol–water partition coefficient (Wildman–Crippen LogP) is 17.8. The van der Waals surface area contributed by atoms with Crippen LogP contribution in [0.4, 0.5) is 39.9 Å². The average molecular weight is 1090 g/mol. The minimum absolute atomic E-state index is 0.0158. The fraction of sp³-hybridized carbons (Fsp3) is 0.224. The molecule has 9 aromatic carbocycles. The van der Waals surface area contributed by atoms with Crippen molar-refractivity contribution in [3.05, 3.63) is 241 Å². The van der Waals surface area contributed by atoms with Crippen molar-refractivity contribution in [1.82, 2.24) is 4.98 Å². The maximum Gasteiger partial charge on any atom is 0.185 e. The minimum atomic E-state index is -2.86. The Balaban J connectivity index is 0.937. The molecule has 13 rings (SSSR count). The largest absolute Gasteiger partial charge is 0.457 e. The van der Waals surface area contributed by atoms with Gasteiger partial charge in [0.05, 0.1) is 22.7 Å². The molecule has 1 aromatic heterocycles. The Labute approximate surface area is 487 Å². The standard InChI is InChI=1S/C76H74N4OSi/c1-73(2,3)52-25-21-24-50(42-52)59-30-23-31-60(51-43-54(75(7,8)9)45-55(44-51)76(10,11)12)72(59)79-49-78(63-32-15-16-33-64(63)79)56-26-22-27-57(47-56)81-58-38-39-70-66(48-58)80(71-46-53(40-41-77-71)74(4,5)6)65-34-17-20-37-69(65)82(70)67-35-18-13-28-61(67)62-29-14-19-36-68(62)82/h13-48H,49H2,1-12H3. The van der Waals surface area contributed by atoms with Gasteiger partial charge in [0.1, 0.15) is 24.0 Å². The summed E-state index contributed by atoms with van der Waals surface area (Å²) in [7, 11) is -2.86. The van der Waals surface area contributed by atoms with Crippen molar-refractivity contribution in [2.75, 3.05) is 21.4 Å². The second kappa shape index (κ2) is 19.3. The van der Waals surface area contributed by atoms with Crippen molar-refractivity contribution in [2.45, 2.75) is 105 Å². The molecule has 3 aliphatic rings. The topological polar surface area (TPSA) is 31.8 Å². The van der Waals surface area contributed by atoms with Crippen LogP contribution in [-0.2, 0) is 21.7 Å². The summed E-state index contributed by atoms with van der Waals surface area (Å²) < 4.78 is 7.18. The highest BCUT2D eigenvalue weighted by atomic mass is 28.3. The number of hydrogen-bond acceptors (Lipinski definition) is 5. The molecule has 408 valence electrons. The van der Waals surface area contributed by atoms with Crippen molar-refractivity contribution in [3.8, 4) is 44.9 Å². The van der Waals surface area contributed by atoms with Crippen LogP contribution >= 0.6 is 0 Å². The number of aromatic nitrogens is 1. The molecule has 0 saturated carbocycles. The summed E-state index contributed by atoms with van der Waals surface area (Å²) in [6.07, 6.45) is 1.97. The molecule has 5 nitrogen and oxygen atoms in total. The third-order valence-electron chi connectivity index (χ3n) is 17.4. The highest BCUT2D eigenvalue weighted by molar-refractivity contribution is 7.23. The van der Waals surface area contributed by atoms with E-state index in [1.807, 2.05) is 6.20 Å². The van der Waals surface area contributed by atoms with Gasteiger partial charge in [-0.25, -0.2) is 4.98 Å². The van der Waals surface area contributed by atoms with E-state index in [0.29, 0.717) is 6.67 Å². The molecule has 4 heterocycles. The number of rotatable bonds is 7. The van der Waals surface area contributed by atoms with Crippen LogP contribution in [0.2, 0.25) is 0 Å². The molecule has 0 bridgehead atoms. The second-order valence-corrected chi connectivity index (χ2v) is 30.6. The van der Waals surface area contributed by atoms with Gasteiger partial charge in [0.15, 0.2) is 8.07 Å². The summed E-state index contributed by atoms with van der Waals surface area (Å²) in [6, 6.07) is 79.6. The first kappa shape index (κ1) is 52.9. The highest BCUT2D eigenvalue weighted by Crippen LogP contribution is 2.52. The Bertz CT molecular complexity index is 4070. The number of fused-ring (bicyclic) bond motifs is 10. The fourth-order valence-electron chi connectivity index (χ4n) is 13.0. The van der Waals surface area contributed by atoms with Gasteiger partial charge in [-0.05, 0) is 135 Å². The van der Waals surface area contributed by atoms with Gasteiger partial charge >= 0.3 is 0 Å². The number of pyridine rings is 1. The van der Waals surface area contributed by atoms with E-state index in [2.05, 4.69) is 310 Å². The van der Waals surface area contributed by atoms with E-state index in [4.69, 9.17) is 9.72 Å². The van der Waals surface area contributed by atoms with Gasteiger partial charge in [-0.3, -0.25) is 4.90 Å². The highest BCUT2D eigenvalue weighted by Gasteiger charge is 2.54. The van der Waals surface area contributed by atoms with E-state index in [0.717, 1.165) is 45.8 Å². The first-order valence-corrected chi connectivity index (χ1v) is 31.2. The van der Waals surface area contributed by atoms with E-state index in [1.54, 1.807) is 0 Å². The summed E-state index contributed by atoms with van der Waals surface area (Å²) in [5, 5.41) is 5.53. The predicted molar refractivity (Wildman–Crippen MR) is 349 cm³/mol. The van der Waals surface area contributed by atoms with Crippen LogP contribution in [0.3, 0.4) is 0 Å². The third-order valence-corrected chi connectivity index (χ3v) is 22.3. The minimum Gasteiger partial charge on any atom is -0.457 e. The normalized spacial score (nSPS) is 14.3. The Morgan fingerprint density at radius 2 is 0.866 bits per heavy atom. The summed E-state index contributed by atoms with van der Waals surface area (Å²) >= 11 is 0. The van der Waals surface area contributed by atoms with Crippen LogP contribution in [0, 0.1) is 0 Å². The number of benzene rings is 9. The van der Waals surface area contributed by atoms with Crippen LogP contribution in [0.15, 0.2) is 219 Å². The van der Waals surface area contributed by atoms with Crippen LogP contribution in [0.25, 0.3) is 33.4 Å². The summed E-state index contributed by atoms with van der Waals surface area (Å²) in [5.74, 6) is 2.42. The molecule has 0 saturated heterocycles.